The summed E-state index contributed by atoms with van der Waals surface area (Å²) in [6, 6.07) is 5.39. The van der Waals surface area contributed by atoms with Crippen molar-refractivity contribution in [2.45, 2.75) is 0 Å². The fourth-order valence-corrected chi connectivity index (χ4v) is 1.94. The van der Waals surface area contributed by atoms with Crippen molar-refractivity contribution in [1.29, 1.82) is 0 Å². The summed E-state index contributed by atoms with van der Waals surface area (Å²) in [5, 5.41) is 3.86. The van der Waals surface area contributed by atoms with Gasteiger partial charge in [0.15, 0.2) is 5.82 Å². The first-order valence-electron chi connectivity index (χ1n) is 5.13. The Morgan fingerprint density at radius 3 is 3.00 bits per heavy atom. The zero-order valence-corrected chi connectivity index (χ0v) is 10.7. The van der Waals surface area contributed by atoms with Crippen molar-refractivity contribution in [1.82, 2.24) is 20.1 Å². The van der Waals surface area contributed by atoms with E-state index >= 15 is 0 Å². The third kappa shape index (κ3) is 1.88. The molecule has 2 aromatic heterocycles. The van der Waals surface area contributed by atoms with Crippen LogP contribution in [0.4, 0.5) is 5.69 Å². The van der Waals surface area contributed by atoms with Crippen LogP contribution >= 0.6 is 15.9 Å². The molecule has 0 bridgehead atoms. The van der Waals surface area contributed by atoms with Crippen LogP contribution in [0.15, 0.2) is 39.6 Å². The minimum atomic E-state index is 0.389. The number of hydrogen-bond donors (Lipinski definition) is 2. The number of rotatable bonds is 2. The van der Waals surface area contributed by atoms with E-state index in [2.05, 4.69) is 36.0 Å². The van der Waals surface area contributed by atoms with Crippen LogP contribution in [0.1, 0.15) is 0 Å². The minimum absolute atomic E-state index is 0.389. The molecule has 18 heavy (non-hydrogen) atoms. The van der Waals surface area contributed by atoms with E-state index in [9.17, 15) is 0 Å². The number of nitrogens with one attached hydrogen (secondary N) is 1. The molecule has 3 N–H and O–H groups in total. The molecule has 0 aliphatic rings. The maximum atomic E-state index is 5.74. The number of benzene rings is 1. The number of hydrogen-bond acceptors (Lipinski definition) is 5. The van der Waals surface area contributed by atoms with Crippen LogP contribution in [-0.4, -0.2) is 20.1 Å². The maximum Gasteiger partial charge on any atom is 0.259 e. The number of imidazole rings is 1. The largest absolute Gasteiger partial charge is 0.399 e. The van der Waals surface area contributed by atoms with E-state index < -0.39 is 0 Å². The van der Waals surface area contributed by atoms with E-state index in [0.717, 1.165) is 10.0 Å². The van der Waals surface area contributed by atoms with Crippen molar-refractivity contribution in [3.63, 3.8) is 0 Å². The first-order chi connectivity index (χ1) is 8.74. The Hall–Kier alpha value is -2.15. The van der Waals surface area contributed by atoms with Crippen molar-refractivity contribution in [3.8, 4) is 23.1 Å². The highest BCUT2D eigenvalue weighted by atomic mass is 79.9. The standard InChI is InChI=1S/C11H8BrN5O/c12-8-2-1-6(13)5-7(8)11-16-10(17-18-11)9-14-3-4-15-9/h1-5H,13H2,(H,14,15). The predicted octanol–water partition coefficient (Wildman–Crippen LogP) is 2.47. The van der Waals surface area contributed by atoms with Crippen molar-refractivity contribution < 1.29 is 4.52 Å². The van der Waals surface area contributed by atoms with Crippen LogP contribution in [0.5, 0.6) is 0 Å². The predicted molar refractivity (Wildman–Crippen MR) is 69.4 cm³/mol. The highest BCUT2D eigenvalue weighted by Crippen LogP contribution is 2.29. The molecule has 0 saturated heterocycles. The summed E-state index contributed by atoms with van der Waals surface area (Å²) in [5.41, 5.74) is 7.12. The summed E-state index contributed by atoms with van der Waals surface area (Å²) in [6.45, 7) is 0. The quantitative estimate of drug-likeness (QED) is 0.709. The van der Waals surface area contributed by atoms with Gasteiger partial charge in [-0.05, 0) is 34.1 Å². The molecule has 0 spiro atoms. The van der Waals surface area contributed by atoms with Crippen LogP contribution in [-0.2, 0) is 0 Å². The fraction of sp³-hybridized carbons (Fsp3) is 0. The van der Waals surface area contributed by atoms with E-state index in [-0.39, 0.29) is 0 Å². The van der Waals surface area contributed by atoms with Gasteiger partial charge in [0.05, 0.1) is 5.56 Å². The molecular formula is C11H8BrN5O. The Bertz CT molecular complexity index is 677. The Labute approximate surface area is 110 Å². The second-order valence-corrected chi connectivity index (χ2v) is 4.45. The van der Waals surface area contributed by atoms with Gasteiger partial charge >= 0.3 is 0 Å². The highest BCUT2D eigenvalue weighted by Gasteiger charge is 2.14. The molecule has 90 valence electrons. The minimum Gasteiger partial charge on any atom is -0.399 e. The van der Waals surface area contributed by atoms with Crippen LogP contribution < -0.4 is 5.73 Å². The molecule has 6 nitrogen and oxygen atoms in total. The number of aromatic nitrogens is 4. The number of nitrogen functional groups attached to an aromatic ring is 1. The molecule has 0 fully saturated rings. The lowest BCUT2D eigenvalue weighted by Crippen LogP contribution is -1.87. The monoisotopic (exact) mass is 305 g/mol. The van der Waals surface area contributed by atoms with Crippen molar-refractivity contribution >= 4 is 21.6 Å². The third-order valence-electron chi connectivity index (χ3n) is 2.36. The number of nitrogens with two attached hydrogens (primary N) is 1. The van der Waals surface area contributed by atoms with E-state index in [1.54, 1.807) is 24.5 Å². The first kappa shape index (κ1) is 11.0. The molecule has 0 atom stereocenters. The van der Waals surface area contributed by atoms with Gasteiger partial charge in [-0.25, -0.2) is 4.98 Å². The van der Waals surface area contributed by atoms with Crippen molar-refractivity contribution in [2.75, 3.05) is 5.73 Å². The lowest BCUT2D eigenvalue weighted by atomic mass is 10.2. The summed E-state index contributed by atoms with van der Waals surface area (Å²) >= 11 is 3.42. The Morgan fingerprint density at radius 1 is 1.33 bits per heavy atom. The molecule has 0 aliphatic carbocycles. The second-order valence-electron chi connectivity index (χ2n) is 3.60. The molecule has 1 aromatic carbocycles. The Kier molecular flexibility index (Phi) is 2.60. The number of aromatic amines is 1. The second kappa shape index (κ2) is 4.26. The first-order valence-corrected chi connectivity index (χ1v) is 5.92. The maximum absolute atomic E-state index is 5.74. The molecular weight excluding hydrogens is 298 g/mol. The highest BCUT2D eigenvalue weighted by molar-refractivity contribution is 9.10. The summed E-state index contributed by atoms with van der Waals surface area (Å²) in [4.78, 5) is 11.2. The fourth-order valence-electron chi connectivity index (χ4n) is 1.52. The van der Waals surface area contributed by atoms with Crippen LogP contribution in [0.25, 0.3) is 23.1 Å². The van der Waals surface area contributed by atoms with Gasteiger partial charge < -0.3 is 15.2 Å². The molecule has 3 rings (SSSR count). The molecule has 0 saturated carbocycles. The van der Waals surface area contributed by atoms with Crippen molar-refractivity contribution in [2.24, 2.45) is 0 Å². The Morgan fingerprint density at radius 2 is 2.22 bits per heavy atom. The van der Waals surface area contributed by atoms with Crippen LogP contribution in [0.3, 0.4) is 0 Å². The number of halogens is 1. The average Bonchev–Trinajstić information content (AvgIpc) is 3.00. The summed E-state index contributed by atoms with van der Waals surface area (Å²) in [7, 11) is 0. The normalized spacial score (nSPS) is 10.7. The van der Waals surface area contributed by atoms with E-state index in [1.807, 2.05) is 6.07 Å². The number of nitrogens with zero attached hydrogens (tertiary/aromatic N) is 3. The summed E-state index contributed by atoms with van der Waals surface area (Å²) in [5.74, 6) is 1.36. The molecule has 0 aliphatic heterocycles. The smallest absolute Gasteiger partial charge is 0.259 e. The molecule has 0 radical (unpaired) electrons. The van der Waals surface area contributed by atoms with Gasteiger partial charge in [0.1, 0.15) is 0 Å². The lowest BCUT2D eigenvalue weighted by Gasteiger charge is -1.99. The molecule has 0 unspecified atom stereocenters. The van der Waals surface area contributed by atoms with E-state index in [0.29, 0.717) is 23.2 Å². The van der Waals surface area contributed by atoms with Gasteiger partial charge in [0, 0.05) is 22.6 Å². The topological polar surface area (TPSA) is 93.6 Å². The summed E-state index contributed by atoms with van der Waals surface area (Å²) in [6.07, 6.45) is 3.32. The van der Waals surface area contributed by atoms with Gasteiger partial charge in [-0.1, -0.05) is 5.16 Å². The zero-order chi connectivity index (χ0) is 12.5. The van der Waals surface area contributed by atoms with Crippen molar-refractivity contribution in [3.05, 3.63) is 35.1 Å². The van der Waals surface area contributed by atoms with Crippen LogP contribution in [0.2, 0.25) is 0 Å². The molecule has 7 heteroatoms. The molecule has 3 aromatic rings. The van der Waals surface area contributed by atoms with Gasteiger partial charge in [-0.15, -0.1) is 0 Å². The number of anilines is 1. The molecule has 2 heterocycles. The zero-order valence-electron chi connectivity index (χ0n) is 9.09. The van der Waals surface area contributed by atoms with E-state index in [4.69, 9.17) is 10.3 Å². The van der Waals surface area contributed by atoms with Gasteiger partial charge in [-0.3, -0.25) is 0 Å². The third-order valence-corrected chi connectivity index (χ3v) is 3.05. The number of H-pyrrole nitrogens is 1. The lowest BCUT2D eigenvalue weighted by molar-refractivity contribution is 0.432. The summed E-state index contributed by atoms with van der Waals surface area (Å²) < 4.78 is 6.04. The van der Waals surface area contributed by atoms with Crippen LogP contribution in [0, 0.1) is 0 Å². The average molecular weight is 306 g/mol. The van der Waals surface area contributed by atoms with Gasteiger partial charge in [-0.2, -0.15) is 4.98 Å². The van der Waals surface area contributed by atoms with Gasteiger partial charge in [0.25, 0.3) is 5.89 Å². The SMILES string of the molecule is Nc1ccc(Br)c(-c2nc(-c3ncc[nH]3)no2)c1. The Balaban J connectivity index is 2.05. The van der Waals surface area contributed by atoms with E-state index in [1.165, 1.54) is 0 Å². The molecule has 0 amide bonds. The van der Waals surface area contributed by atoms with Gasteiger partial charge in [0.2, 0.25) is 5.82 Å².